The van der Waals surface area contributed by atoms with Crippen molar-refractivity contribution in [2.24, 2.45) is 0 Å². The number of pyridine rings is 1. The standard InChI is InChI=1S/C9H9ClF3NO2/c1-5-6(3-10)7(16-9(11,12)13)4-14-8(5)15-2/h4H,3H2,1-2H3. The van der Waals surface area contributed by atoms with E-state index in [1.54, 1.807) is 6.92 Å². The highest BCUT2D eigenvalue weighted by Crippen LogP contribution is 2.32. The fourth-order valence-electron chi connectivity index (χ4n) is 1.19. The maximum atomic E-state index is 12.0. The molecule has 16 heavy (non-hydrogen) atoms. The van der Waals surface area contributed by atoms with Gasteiger partial charge in [-0.1, -0.05) is 0 Å². The van der Waals surface area contributed by atoms with Crippen molar-refractivity contribution in [2.75, 3.05) is 7.11 Å². The molecule has 0 N–H and O–H groups in total. The molecule has 0 atom stereocenters. The molecule has 1 aromatic rings. The Hall–Kier alpha value is -1.17. The van der Waals surface area contributed by atoms with Gasteiger partial charge in [-0.15, -0.1) is 24.8 Å². The Balaban J connectivity index is 3.16. The topological polar surface area (TPSA) is 31.4 Å². The van der Waals surface area contributed by atoms with Gasteiger partial charge in [-0.25, -0.2) is 4.98 Å². The van der Waals surface area contributed by atoms with Gasteiger partial charge in [0.25, 0.3) is 0 Å². The van der Waals surface area contributed by atoms with Gasteiger partial charge in [0, 0.05) is 11.1 Å². The van der Waals surface area contributed by atoms with Crippen molar-refractivity contribution >= 4 is 11.6 Å². The summed E-state index contributed by atoms with van der Waals surface area (Å²) in [4.78, 5) is 3.68. The van der Waals surface area contributed by atoms with Crippen LogP contribution in [0.5, 0.6) is 11.6 Å². The van der Waals surface area contributed by atoms with E-state index in [1.807, 2.05) is 0 Å². The lowest BCUT2D eigenvalue weighted by Crippen LogP contribution is -2.18. The van der Waals surface area contributed by atoms with E-state index in [0.29, 0.717) is 5.56 Å². The van der Waals surface area contributed by atoms with Crippen LogP contribution in [0.25, 0.3) is 0 Å². The van der Waals surface area contributed by atoms with E-state index < -0.39 is 12.1 Å². The summed E-state index contributed by atoms with van der Waals surface area (Å²) < 4.78 is 44.8. The van der Waals surface area contributed by atoms with Crippen LogP contribution >= 0.6 is 11.6 Å². The van der Waals surface area contributed by atoms with Gasteiger partial charge in [0.1, 0.15) is 0 Å². The van der Waals surface area contributed by atoms with E-state index >= 15 is 0 Å². The summed E-state index contributed by atoms with van der Waals surface area (Å²) >= 11 is 5.56. The highest BCUT2D eigenvalue weighted by atomic mass is 35.5. The summed E-state index contributed by atoms with van der Waals surface area (Å²) in [6.07, 6.45) is -3.82. The van der Waals surface area contributed by atoms with E-state index in [2.05, 4.69) is 9.72 Å². The zero-order chi connectivity index (χ0) is 12.3. The molecular formula is C9H9ClF3NO2. The van der Waals surface area contributed by atoms with Crippen molar-refractivity contribution in [3.63, 3.8) is 0 Å². The van der Waals surface area contributed by atoms with Crippen molar-refractivity contribution in [1.82, 2.24) is 4.98 Å². The predicted octanol–water partition coefficient (Wildman–Crippen LogP) is 3.04. The van der Waals surface area contributed by atoms with Gasteiger partial charge >= 0.3 is 6.36 Å². The molecule has 90 valence electrons. The van der Waals surface area contributed by atoms with Gasteiger partial charge in [0.15, 0.2) is 5.75 Å². The normalized spacial score (nSPS) is 11.4. The van der Waals surface area contributed by atoms with E-state index in [0.717, 1.165) is 6.20 Å². The number of halogens is 4. The third kappa shape index (κ3) is 2.91. The summed E-state index contributed by atoms with van der Waals surface area (Å²) in [5.41, 5.74) is 0.644. The van der Waals surface area contributed by atoms with Gasteiger partial charge in [0.05, 0.1) is 19.2 Å². The lowest BCUT2D eigenvalue weighted by atomic mass is 10.1. The maximum absolute atomic E-state index is 12.0. The molecule has 1 heterocycles. The van der Waals surface area contributed by atoms with Crippen LogP contribution in [0.1, 0.15) is 11.1 Å². The minimum Gasteiger partial charge on any atom is -0.481 e. The van der Waals surface area contributed by atoms with Crippen molar-refractivity contribution < 1.29 is 22.6 Å². The molecule has 0 aliphatic heterocycles. The molecule has 0 radical (unpaired) electrons. The van der Waals surface area contributed by atoms with Crippen LogP contribution < -0.4 is 9.47 Å². The second-order valence-corrected chi connectivity index (χ2v) is 3.18. The van der Waals surface area contributed by atoms with Gasteiger partial charge in [-0.2, -0.15) is 0 Å². The molecule has 0 amide bonds. The zero-order valence-corrected chi connectivity index (χ0v) is 9.32. The van der Waals surface area contributed by atoms with Crippen LogP contribution in [-0.4, -0.2) is 18.5 Å². The minimum absolute atomic E-state index is 0.115. The fourth-order valence-corrected chi connectivity index (χ4v) is 1.52. The van der Waals surface area contributed by atoms with E-state index in [4.69, 9.17) is 16.3 Å². The average molecular weight is 256 g/mol. The smallest absolute Gasteiger partial charge is 0.481 e. The number of rotatable bonds is 3. The Labute approximate surface area is 95.1 Å². The van der Waals surface area contributed by atoms with Crippen molar-refractivity contribution in [3.05, 3.63) is 17.3 Å². The molecule has 0 bridgehead atoms. The van der Waals surface area contributed by atoms with Crippen LogP contribution in [0.15, 0.2) is 6.20 Å². The highest BCUT2D eigenvalue weighted by molar-refractivity contribution is 6.17. The summed E-state index contributed by atoms with van der Waals surface area (Å²) in [5, 5.41) is 0. The quantitative estimate of drug-likeness (QED) is 0.778. The molecule has 1 aromatic heterocycles. The van der Waals surface area contributed by atoms with Gasteiger partial charge in [0.2, 0.25) is 5.88 Å². The molecule has 0 aromatic carbocycles. The Morgan fingerprint density at radius 1 is 1.44 bits per heavy atom. The summed E-state index contributed by atoms with van der Waals surface area (Å²) in [5.74, 6) is -0.290. The average Bonchev–Trinajstić information content (AvgIpc) is 2.16. The Morgan fingerprint density at radius 2 is 2.06 bits per heavy atom. The molecule has 0 unspecified atom stereocenters. The number of ether oxygens (including phenoxy) is 2. The summed E-state index contributed by atoms with van der Waals surface area (Å²) in [6, 6.07) is 0. The van der Waals surface area contributed by atoms with Crippen LogP contribution in [0.2, 0.25) is 0 Å². The van der Waals surface area contributed by atoms with Crippen molar-refractivity contribution in [2.45, 2.75) is 19.2 Å². The third-order valence-electron chi connectivity index (χ3n) is 1.92. The lowest BCUT2D eigenvalue weighted by molar-refractivity contribution is -0.275. The Morgan fingerprint density at radius 3 is 2.50 bits per heavy atom. The SMILES string of the molecule is COc1ncc(OC(F)(F)F)c(CCl)c1C. The minimum atomic E-state index is -4.76. The summed E-state index contributed by atoms with van der Waals surface area (Å²) in [7, 11) is 1.37. The molecule has 7 heteroatoms. The number of alkyl halides is 4. The predicted molar refractivity (Wildman–Crippen MR) is 51.8 cm³/mol. The first-order chi connectivity index (χ1) is 7.39. The fraction of sp³-hybridized carbons (Fsp3) is 0.444. The molecule has 0 saturated heterocycles. The van der Waals surface area contributed by atoms with Crippen LogP contribution in [0, 0.1) is 6.92 Å². The first kappa shape index (κ1) is 12.9. The Bertz CT molecular complexity index is 382. The number of methoxy groups -OCH3 is 1. The lowest BCUT2D eigenvalue weighted by Gasteiger charge is -2.14. The van der Waals surface area contributed by atoms with Crippen molar-refractivity contribution in [3.8, 4) is 11.6 Å². The van der Waals surface area contributed by atoms with Crippen LogP contribution in [0.3, 0.4) is 0 Å². The second-order valence-electron chi connectivity index (χ2n) is 2.92. The summed E-state index contributed by atoms with van der Waals surface area (Å²) in [6.45, 7) is 1.56. The molecule has 0 saturated carbocycles. The monoisotopic (exact) mass is 255 g/mol. The molecule has 0 aliphatic rings. The second kappa shape index (κ2) is 4.78. The molecule has 0 aliphatic carbocycles. The number of nitrogens with zero attached hydrogens (tertiary/aromatic N) is 1. The van der Waals surface area contributed by atoms with Gasteiger partial charge in [-0.3, -0.25) is 0 Å². The largest absolute Gasteiger partial charge is 0.573 e. The first-order valence-corrected chi connectivity index (χ1v) is 4.76. The Kier molecular flexibility index (Phi) is 3.85. The van der Waals surface area contributed by atoms with Crippen molar-refractivity contribution in [1.29, 1.82) is 0 Å². The van der Waals surface area contributed by atoms with Gasteiger partial charge < -0.3 is 9.47 Å². The van der Waals surface area contributed by atoms with Crippen LogP contribution in [0.4, 0.5) is 13.2 Å². The number of hydrogen-bond acceptors (Lipinski definition) is 3. The molecule has 0 fully saturated rings. The zero-order valence-electron chi connectivity index (χ0n) is 8.56. The molecule has 3 nitrogen and oxygen atoms in total. The van der Waals surface area contributed by atoms with Crippen LogP contribution in [-0.2, 0) is 5.88 Å². The molecule has 0 spiro atoms. The van der Waals surface area contributed by atoms with E-state index in [-0.39, 0.29) is 17.3 Å². The molecule has 1 rings (SSSR count). The van der Waals surface area contributed by atoms with Gasteiger partial charge in [-0.05, 0) is 6.92 Å². The highest BCUT2D eigenvalue weighted by Gasteiger charge is 2.32. The molecular weight excluding hydrogens is 247 g/mol. The number of aromatic nitrogens is 1. The third-order valence-corrected chi connectivity index (χ3v) is 2.19. The van der Waals surface area contributed by atoms with E-state index in [1.165, 1.54) is 7.11 Å². The maximum Gasteiger partial charge on any atom is 0.573 e. The first-order valence-electron chi connectivity index (χ1n) is 4.23. The number of hydrogen-bond donors (Lipinski definition) is 0. The van der Waals surface area contributed by atoms with E-state index in [9.17, 15) is 13.2 Å².